The molecule has 0 fully saturated rings. The molecule has 0 bridgehead atoms. The number of furan rings is 1. The van der Waals surface area contributed by atoms with Gasteiger partial charge in [0.25, 0.3) is 0 Å². The number of nitrogens with one attached hydrogen (secondary N) is 1. The number of carbonyl (C=O) groups excluding carboxylic acids is 1. The van der Waals surface area contributed by atoms with Crippen molar-refractivity contribution < 1.29 is 18.7 Å². The van der Waals surface area contributed by atoms with Crippen molar-refractivity contribution >= 4 is 11.8 Å². The molecule has 7 nitrogen and oxygen atoms in total. The molecule has 2 aromatic rings. The highest BCUT2D eigenvalue weighted by atomic mass is 16.5. The first-order chi connectivity index (χ1) is 10.0. The second-order valence-electron chi connectivity index (χ2n) is 4.36. The van der Waals surface area contributed by atoms with E-state index in [-0.39, 0.29) is 5.76 Å². The van der Waals surface area contributed by atoms with Crippen molar-refractivity contribution in [1.82, 2.24) is 9.97 Å². The molecule has 0 aliphatic rings. The number of anilines is 1. The topological polar surface area (TPSA) is 86.5 Å². The maximum atomic E-state index is 11.3. The lowest BCUT2D eigenvalue weighted by Gasteiger charge is -2.11. The fourth-order valence-corrected chi connectivity index (χ4v) is 1.83. The molecule has 112 valence electrons. The van der Waals surface area contributed by atoms with E-state index in [4.69, 9.17) is 9.15 Å². The third-order valence-electron chi connectivity index (χ3n) is 2.88. The maximum absolute atomic E-state index is 11.3. The van der Waals surface area contributed by atoms with Gasteiger partial charge in [-0.1, -0.05) is 0 Å². The first-order valence-corrected chi connectivity index (χ1v) is 6.35. The third-order valence-corrected chi connectivity index (χ3v) is 2.88. The molecule has 0 aromatic carbocycles. The quantitative estimate of drug-likeness (QED) is 0.844. The predicted molar refractivity (Wildman–Crippen MR) is 75.4 cm³/mol. The fraction of sp³-hybridized carbons (Fsp3) is 0.357. The highest BCUT2D eigenvalue weighted by Crippen LogP contribution is 2.22. The van der Waals surface area contributed by atoms with Crippen molar-refractivity contribution in [3.63, 3.8) is 0 Å². The average molecular weight is 291 g/mol. The van der Waals surface area contributed by atoms with Crippen molar-refractivity contribution in [1.29, 1.82) is 0 Å². The van der Waals surface area contributed by atoms with E-state index in [1.54, 1.807) is 26.2 Å². The number of rotatable bonds is 5. The van der Waals surface area contributed by atoms with Crippen LogP contribution in [-0.2, 0) is 11.3 Å². The fourth-order valence-electron chi connectivity index (χ4n) is 1.83. The van der Waals surface area contributed by atoms with Crippen LogP contribution in [0.4, 0.5) is 5.82 Å². The first-order valence-electron chi connectivity index (χ1n) is 6.35. The molecule has 0 unspecified atom stereocenters. The van der Waals surface area contributed by atoms with Crippen molar-refractivity contribution in [2.45, 2.75) is 20.4 Å². The molecule has 0 amide bonds. The Kier molecular flexibility index (Phi) is 4.42. The smallest absolute Gasteiger partial charge is 0.373 e. The summed E-state index contributed by atoms with van der Waals surface area (Å²) in [5.74, 6) is 2.06. The van der Waals surface area contributed by atoms with E-state index in [1.165, 1.54) is 7.11 Å². The van der Waals surface area contributed by atoms with Gasteiger partial charge < -0.3 is 19.2 Å². The summed E-state index contributed by atoms with van der Waals surface area (Å²) in [5, 5.41) is 3.14. The Morgan fingerprint density at radius 3 is 2.71 bits per heavy atom. The lowest BCUT2D eigenvalue weighted by atomic mass is 10.3. The van der Waals surface area contributed by atoms with E-state index in [9.17, 15) is 4.79 Å². The van der Waals surface area contributed by atoms with Gasteiger partial charge in [-0.15, -0.1) is 0 Å². The minimum atomic E-state index is -0.503. The summed E-state index contributed by atoms with van der Waals surface area (Å²) in [6.07, 6.45) is 0. The number of hydrogen-bond donors (Lipinski definition) is 1. The Morgan fingerprint density at radius 1 is 1.29 bits per heavy atom. The van der Waals surface area contributed by atoms with E-state index in [2.05, 4.69) is 20.0 Å². The zero-order valence-corrected chi connectivity index (χ0v) is 12.4. The van der Waals surface area contributed by atoms with E-state index in [1.807, 2.05) is 6.92 Å². The summed E-state index contributed by atoms with van der Waals surface area (Å²) in [6.45, 7) is 4.04. The maximum Gasteiger partial charge on any atom is 0.373 e. The molecule has 7 heteroatoms. The van der Waals surface area contributed by atoms with Gasteiger partial charge in [-0.3, -0.25) is 0 Å². The van der Waals surface area contributed by atoms with Crippen LogP contribution in [-0.4, -0.2) is 30.2 Å². The molecule has 1 N–H and O–H groups in total. The van der Waals surface area contributed by atoms with Gasteiger partial charge in [0.1, 0.15) is 17.4 Å². The average Bonchev–Trinajstić information content (AvgIpc) is 2.95. The number of hydrogen-bond acceptors (Lipinski definition) is 7. The van der Waals surface area contributed by atoms with Crippen LogP contribution in [0.15, 0.2) is 16.5 Å². The summed E-state index contributed by atoms with van der Waals surface area (Å²) >= 11 is 0. The molecule has 21 heavy (non-hydrogen) atoms. The van der Waals surface area contributed by atoms with E-state index < -0.39 is 5.97 Å². The van der Waals surface area contributed by atoms with Crippen LogP contribution in [0.25, 0.3) is 0 Å². The van der Waals surface area contributed by atoms with Crippen LogP contribution in [0.3, 0.4) is 0 Å². The Bertz CT molecular complexity index is 652. The van der Waals surface area contributed by atoms with E-state index in [0.29, 0.717) is 29.8 Å². The molecule has 0 saturated heterocycles. The summed E-state index contributed by atoms with van der Waals surface area (Å²) in [7, 11) is 2.87. The van der Waals surface area contributed by atoms with Gasteiger partial charge in [-0.05, 0) is 26.0 Å². The highest BCUT2D eigenvalue weighted by Gasteiger charge is 2.13. The molecule has 0 saturated carbocycles. The van der Waals surface area contributed by atoms with Gasteiger partial charge >= 0.3 is 5.97 Å². The van der Waals surface area contributed by atoms with Crippen LogP contribution in [0, 0.1) is 13.8 Å². The summed E-state index contributed by atoms with van der Waals surface area (Å²) in [6, 6.07) is 3.28. The SMILES string of the molecule is COC(=O)c1ccc(CNc2nc(C)nc(OC)c2C)o1. The molecular formula is C14H17N3O4. The van der Waals surface area contributed by atoms with Crippen LogP contribution in [0.5, 0.6) is 5.88 Å². The Labute approximate surface area is 122 Å². The number of esters is 1. The van der Waals surface area contributed by atoms with Crippen LogP contribution in [0.1, 0.15) is 27.7 Å². The standard InChI is InChI=1S/C14H17N3O4/c1-8-12(16-9(2)17-13(8)19-3)15-7-10-5-6-11(21-10)14(18)20-4/h5-6H,7H2,1-4H3,(H,15,16,17). The molecule has 0 spiro atoms. The zero-order valence-electron chi connectivity index (χ0n) is 12.4. The molecule has 2 heterocycles. The number of aryl methyl sites for hydroxylation is 1. The van der Waals surface area contributed by atoms with Crippen molar-refractivity contribution in [3.05, 3.63) is 35.0 Å². The highest BCUT2D eigenvalue weighted by molar-refractivity contribution is 5.86. The third kappa shape index (κ3) is 3.31. The largest absolute Gasteiger partial charge is 0.481 e. The normalized spacial score (nSPS) is 10.3. The summed E-state index contributed by atoms with van der Waals surface area (Å²) < 4.78 is 15.2. The predicted octanol–water partition coefficient (Wildman–Crippen LogP) is 2.09. The second-order valence-corrected chi connectivity index (χ2v) is 4.36. The Hall–Kier alpha value is -2.57. The summed E-state index contributed by atoms with van der Waals surface area (Å²) in [5.41, 5.74) is 0.808. The van der Waals surface area contributed by atoms with Gasteiger partial charge in [-0.25, -0.2) is 9.78 Å². The second kappa shape index (κ2) is 6.25. The van der Waals surface area contributed by atoms with Crippen molar-refractivity contribution in [2.75, 3.05) is 19.5 Å². The monoisotopic (exact) mass is 291 g/mol. The zero-order chi connectivity index (χ0) is 15.4. The van der Waals surface area contributed by atoms with Gasteiger partial charge in [0, 0.05) is 0 Å². The molecule has 0 atom stereocenters. The summed E-state index contributed by atoms with van der Waals surface area (Å²) in [4.78, 5) is 19.8. The molecule has 2 rings (SSSR count). The minimum Gasteiger partial charge on any atom is -0.481 e. The van der Waals surface area contributed by atoms with E-state index >= 15 is 0 Å². The minimum absolute atomic E-state index is 0.169. The number of aromatic nitrogens is 2. The van der Waals surface area contributed by atoms with Crippen molar-refractivity contribution in [3.8, 4) is 5.88 Å². The Morgan fingerprint density at radius 2 is 2.05 bits per heavy atom. The molecule has 0 radical (unpaired) electrons. The molecular weight excluding hydrogens is 274 g/mol. The number of ether oxygens (including phenoxy) is 2. The van der Waals surface area contributed by atoms with Crippen LogP contribution < -0.4 is 10.1 Å². The van der Waals surface area contributed by atoms with Gasteiger partial charge in [0.2, 0.25) is 11.6 Å². The Balaban J connectivity index is 2.11. The van der Waals surface area contributed by atoms with Gasteiger partial charge in [-0.2, -0.15) is 4.98 Å². The van der Waals surface area contributed by atoms with Crippen molar-refractivity contribution in [2.24, 2.45) is 0 Å². The first kappa shape index (κ1) is 14.8. The number of nitrogens with zero attached hydrogens (tertiary/aromatic N) is 2. The lowest BCUT2D eigenvalue weighted by molar-refractivity contribution is 0.0563. The van der Waals surface area contributed by atoms with E-state index in [0.717, 1.165) is 5.56 Å². The molecule has 2 aromatic heterocycles. The lowest BCUT2D eigenvalue weighted by Crippen LogP contribution is -2.06. The number of methoxy groups -OCH3 is 2. The van der Waals surface area contributed by atoms with Gasteiger partial charge in [0.15, 0.2) is 0 Å². The number of carbonyl (C=O) groups is 1. The van der Waals surface area contributed by atoms with Crippen LogP contribution >= 0.6 is 0 Å². The van der Waals surface area contributed by atoms with Crippen LogP contribution in [0.2, 0.25) is 0 Å². The molecule has 0 aliphatic carbocycles. The molecule has 0 aliphatic heterocycles. The van der Waals surface area contributed by atoms with Gasteiger partial charge in [0.05, 0.1) is 26.3 Å².